The first-order valence-corrected chi connectivity index (χ1v) is 8.14. The summed E-state index contributed by atoms with van der Waals surface area (Å²) in [5, 5.41) is 15.9. The molecule has 0 saturated carbocycles. The van der Waals surface area contributed by atoms with Crippen LogP contribution in [0.3, 0.4) is 0 Å². The molecule has 1 atom stereocenters. The number of carbonyl (C=O) groups is 2. The number of nitrogens with one attached hydrogen (secondary N) is 1. The van der Waals surface area contributed by atoms with E-state index in [0.29, 0.717) is 0 Å². The number of aromatic carboxylic acids is 1. The van der Waals surface area contributed by atoms with Crippen LogP contribution in [0.4, 0.5) is 0 Å². The van der Waals surface area contributed by atoms with Crippen LogP contribution in [0.15, 0.2) is 36.5 Å². The molecule has 0 spiro atoms. The van der Waals surface area contributed by atoms with E-state index >= 15 is 0 Å². The number of benzene rings is 1. The first-order chi connectivity index (χ1) is 11.5. The van der Waals surface area contributed by atoms with Gasteiger partial charge in [-0.3, -0.25) is 9.48 Å². The number of hydrogen-bond donors (Lipinski definition) is 2. The van der Waals surface area contributed by atoms with Gasteiger partial charge >= 0.3 is 5.97 Å². The fraction of sp³-hybridized carbons (Fsp3) is 0.389. The van der Waals surface area contributed by atoms with Crippen molar-refractivity contribution in [2.75, 3.05) is 0 Å². The number of amides is 1. The molecule has 0 aliphatic heterocycles. The molecule has 2 N–H and O–H groups in total. The van der Waals surface area contributed by atoms with Gasteiger partial charge in [0.1, 0.15) is 5.69 Å². The molecule has 0 aliphatic carbocycles. The molecule has 24 heavy (non-hydrogen) atoms. The van der Waals surface area contributed by atoms with Crippen molar-refractivity contribution in [3.05, 3.63) is 53.3 Å². The van der Waals surface area contributed by atoms with Crippen molar-refractivity contribution in [1.82, 2.24) is 15.1 Å². The van der Waals surface area contributed by atoms with Crippen LogP contribution in [0, 0.1) is 0 Å². The van der Waals surface area contributed by atoms with Crippen molar-refractivity contribution < 1.29 is 14.7 Å². The van der Waals surface area contributed by atoms with E-state index in [2.05, 4.69) is 29.5 Å². The van der Waals surface area contributed by atoms with Crippen molar-refractivity contribution in [2.24, 2.45) is 0 Å². The summed E-state index contributed by atoms with van der Waals surface area (Å²) in [5.74, 6) is -1.18. The average Bonchev–Trinajstić information content (AvgIpc) is 3.02. The number of aryl methyl sites for hydroxylation is 2. The van der Waals surface area contributed by atoms with E-state index in [1.54, 1.807) is 0 Å². The van der Waals surface area contributed by atoms with E-state index in [0.717, 1.165) is 18.4 Å². The van der Waals surface area contributed by atoms with E-state index in [4.69, 9.17) is 5.11 Å². The normalized spacial score (nSPS) is 11.9. The fourth-order valence-corrected chi connectivity index (χ4v) is 2.56. The van der Waals surface area contributed by atoms with Gasteiger partial charge in [0, 0.05) is 12.6 Å². The predicted molar refractivity (Wildman–Crippen MR) is 90.8 cm³/mol. The molecule has 6 heteroatoms. The van der Waals surface area contributed by atoms with Crippen LogP contribution in [0.2, 0.25) is 0 Å². The zero-order valence-corrected chi connectivity index (χ0v) is 14.0. The third-order valence-corrected chi connectivity index (χ3v) is 3.88. The molecule has 1 amide bonds. The van der Waals surface area contributed by atoms with Crippen molar-refractivity contribution in [1.29, 1.82) is 0 Å². The van der Waals surface area contributed by atoms with E-state index < -0.39 is 5.97 Å². The summed E-state index contributed by atoms with van der Waals surface area (Å²) in [7, 11) is 0. The van der Waals surface area contributed by atoms with Crippen LogP contribution in [-0.2, 0) is 17.8 Å². The molecule has 6 nitrogen and oxygen atoms in total. The van der Waals surface area contributed by atoms with Crippen molar-refractivity contribution in [3.63, 3.8) is 0 Å². The standard InChI is InChI=1S/C18H23N3O3/c1-3-4-14-5-7-15(8-6-14)13(2)20-17(22)10-12-21-16(18(23)24)9-11-19-21/h5-9,11,13H,3-4,10,12H2,1-2H3,(H,20,22)(H,23,24). The van der Waals surface area contributed by atoms with Gasteiger partial charge in [0.25, 0.3) is 0 Å². The summed E-state index contributed by atoms with van der Waals surface area (Å²) < 4.78 is 1.33. The second-order valence-electron chi connectivity index (χ2n) is 5.78. The predicted octanol–water partition coefficient (Wildman–Crippen LogP) is 2.80. The lowest BCUT2D eigenvalue weighted by atomic mass is 10.0. The second kappa shape index (κ2) is 8.29. The summed E-state index contributed by atoms with van der Waals surface area (Å²) in [5.41, 5.74) is 2.43. The topological polar surface area (TPSA) is 84.2 Å². The first-order valence-electron chi connectivity index (χ1n) is 8.14. The molecule has 1 aromatic heterocycles. The third kappa shape index (κ3) is 4.68. The summed E-state index contributed by atoms with van der Waals surface area (Å²) in [6.45, 7) is 4.32. The van der Waals surface area contributed by atoms with Gasteiger partial charge in [-0.25, -0.2) is 4.79 Å². The summed E-state index contributed by atoms with van der Waals surface area (Å²) >= 11 is 0. The van der Waals surface area contributed by atoms with E-state index in [1.807, 2.05) is 19.1 Å². The molecule has 2 aromatic rings. The molecular formula is C18H23N3O3. The quantitative estimate of drug-likeness (QED) is 0.780. The van der Waals surface area contributed by atoms with Crippen LogP contribution < -0.4 is 5.32 Å². The summed E-state index contributed by atoms with van der Waals surface area (Å²) in [6.07, 6.45) is 3.76. The monoisotopic (exact) mass is 329 g/mol. The summed E-state index contributed by atoms with van der Waals surface area (Å²) in [6, 6.07) is 9.57. The Hall–Kier alpha value is -2.63. The van der Waals surface area contributed by atoms with Gasteiger partial charge in [0.2, 0.25) is 5.91 Å². The number of nitrogens with zero attached hydrogens (tertiary/aromatic N) is 2. The number of carbonyl (C=O) groups excluding carboxylic acids is 1. The molecule has 128 valence electrons. The molecule has 0 saturated heterocycles. The molecular weight excluding hydrogens is 306 g/mol. The third-order valence-electron chi connectivity index (χ3n) is 3.88. The number of carboxylic acids is 1. The molecule has 0 radical (unpaired) electrons. The largest absolute Gasteiger partial charge is 0.477 e. The van der Waals surface area contributed by atoms with Crippen molar-refractivity contribution in [3.8, 4) is 0 Å². The Morgan fingerprint density at radius 3 is 2.58 bits per heavy atom. The Morgan fingerprint density at radius 1 is 1.25 bits per heavy atom. The van der Waals surface area contributed by atoms with Gasteiger partial charge < -0.3 is 10.4 Å². The lowest BCUT2D eigenvalue weighted by Gasteiger charge is -2.15. The molecule has 1 heterocycles. The highest BCUT2D eigenvalue weighted by atomic mass is 16.4. The Labute approximate surface area is 141 Å². The molecule has 0 fully saturated rings. The Balaban J connectivity index is 1.87. The Morgan fingerprint density at radius 2 is 1.96 bits per heavy atom. The lowest BCUT2D eigenvalue weighted by molar-refractivity contribution is -0.122. The van der Waals surface area contributed by atoms with Crippen molar-refractivity contribution in [2.45, 2.75) is 45.7 Å². The number of carboxylic acid groups (broad SMARTS) is 1. The minimum Gasteiger partial charge on any atom is -0.477 e. The maximum absolute atomic E-state index is 12.1. The average molecular weight is 329 g/mol. The Kier molecular flexibility index (Phi) is 6.12. The van der Waals surface area contributed by atoms with Crippen molar-refractivity contribution >= 4 is 11.9 Å². The van der Waals surface area contributed by atoms with Gasteiger partial charge in [-0.05, 0) is 30.5 Å². The van der Waals surface area contributed by atoms with Crippen LogP contribution in [0.5, 0.6) is 0 Å². The van der Waals surface area contributed by atoms with Crippen LogP contribution >= 0.6 is 0 Å². The minimum absolute atomic E-state index is 0.0855. The van der Waals surface area contributed by atoms with E-state index in [1.165, 1.54) is 22.5 Å². The SMILES string of the molecule is CCCc1ccc(C(C)NC(=O)CCn2nccc2C(=O)O)cc1. The Bertz CT molecular complexity index is 692. The lowest BCUT2D eigenvalue weighted by Crippen LogP contribution is -2.28. The molecule has 2 rings (SSSR count). The highest BCUT2D eigenvalue weighted by Crippen LogP contribution is 2.14. The minimum atomic E-state index is -1.05. The van der Waals surface area contributed by atoms with E-state index in [-0.39, 0.29) is 30.6 Å². The number of aromatic nitrogens is 2. The van der Waals surface area contributed by atoms with Gasteiger partial charge in [-0.1, -0.05) is 37.6 Å². The van der Waals surface area contributed by atoms with Crippen LogP contribution in [-0.4, -0.2) is 26.8 Å². The maximum Gasteiger partial charge on any atom is 0.354 e. The zero-order chi connectivity index (χ0) is 17.5. The highest BCUT2D eigenvalue weighted by Gasteiger charge is 2.13. The molecule has 1 unspecified atom stereocenters. The van der Waals surface area contributed by atoms with E-state index in [9.17, 15) is 9.59 Å². The second-order valence-corrected chi connectivity index (χ2v) is 5.78. The van der Waals surface area contributed by atoms with Gasteiger partial charge in [-0.15, -0.1) is 0 Å². The number of hydrogen-bond acceptors (Lipinski definition) is 3. The maximum atomic E-state index is 12.1. The molecule has 0 aliphatic rings. The smallest absolute Gasteiger partial charge is 0.354 e. The van der Waals surface area contributed by atoms with Gasteiger partial charge in [0.05, 0.1) is 12.6 Å². The summed E-state index contributed by atoms with van der Waals surface area (Å²) in [4.78, 5) is 23.1. The molecule has 0 bridgehead atoms. The number of rotatable bonds is 8. The first kappa shape index (κ1) is 17.7. The fourth-order valence-electron chi connectivity index (χ4n) is 2.56. The molecule has 1 aromatic carbocycles. The van der Waals surface area contributed by atoms with Gasteiger partial charge in [0.15, 0.2) is 0 Å². The highest BCUT2D eigenvalue weighted by molar-refractivity contribution is 5.85. The zero-order valence-electron chi connectivity index (χ0n) is 14.0. The van der Waals surface area contributed by atoms with Crippen LogP contribution in [0.1, 0.15) is 54.3 Å². The van der Waals surface area contributed by atoms with Gasteiger partial charge in [-0.2, -0.15) is 5.10 Å². The van der Waals surface area contributed by atoms with Crippen LogP contribution in [0.25, 0.3) is 0 Å².